The summed E-state index contributed by atoms with van der Waals surface area (Å²) in [6, 6.07) is 6.31. The topological polar surface area (TPSA) is 49.3 Å². The van der Waals surface area contributed by atoms with E-state index in [0.29, 0.717) is 12.6 Å². The second-order valence-corrected chi connectivity index (χ2v) is 4.55. The van der Waals surface area contributed by atoms with E-state index in [1.165, 1.54) is 11.1 Å². The van der Waals surface area contributed by atoms with Crippen LogP contribution in [0.2, 0.25) is 5.02 Å². The van der Waals surface area contributed by atoms with Gasteiger partial charge in [0.2, 0.25) is 0 Å². The van der Waals surface area contributed by atoms with Crippen LogP contribution in [0.3, 0.4) is 0 Å². The van der Waals surface area contributed by atoms with Crippen molar-refractivity contribution in [3.05, 3.63) is 34.3 Å². The second kappa shape index (κ2) is 4.85. The Hall–Kier alpha value is -1.06. The summed E-state index contributed by atoms with van der Waals surface area (Å²) in [5, 5.41) is 12.6. The van der Waals surface area contributed by atoms with Gasteiger partial charge < -0.3 is 10.4 Å². The number of rotatable bonds is 4. The molecule has 0 spiro atoms. The van der Waals surface area contributed by atoms with E-state index in [9.17, 15) is 4.79 Å². The summed E-state index contributed by atoms with van der Waals surface area (Å²) in [4.78, 5) is 10.4. The molecule has 0 saturated heterocycles. The standard InChI is InChI=1S/C12H14ClNO2/c13-10-2-1-8-6-11(7-9(8)5-10)14-4-3-12(15)16/h1-2,5,11,14H,3-4,6-7H2,(H,15,16). The molecule has 1 atom stereocenters. The lowest BCUT2D eigenvalue weighted by Gasteiger charge is -2.09. The fourth-order valence-corrected chi connectivity index (χ4v) is 2.31. The summed E-state index contributed by atoms with van der Waals surface area (Å²) >= 11 is 5.92. The summed E-state index contributed by atoms with van der Waals surface area (Å²) in [5.74, 6) is -0.758. The molecule has 1 aromatic rings. The third kappa shape index (κ3) is 2.74. The Morgan fingerprint density at radius 3 is 2.94 bits per heavy atom. The van der Waals surface area contributed by atoms with Crippen molar-refractivity contribution in [2.75, 3.05) is 6.54 Å². The van der Waals surface area contributed by atoms with Crippen LogP contribution >= 0.6 is 11.6 Å². The first-order chi connectivity index (χ1) is 7.65. The van der Waals surface area contributed by atoms with Crippen molar-refractivity contribution >= 4 is 17.6 Å². The van der Waals surface area contributed by atoms with Gasteiger partial charge in [-0.1, -0.05) is 17.7 Å². The molecule has 0 bridgehead atoms. The van der Waals surface area contributed by atoms with Gasteiger partial charge in [-0.05, 0) is 36.1 Å². The van der Waals surface area contributed by atoms with Crippen molar-refractivity contribution in [3.8, 4) is 0 Å². The highest BCUT2D eigenvalue weighted by Gasteiger charge is 2.20. The zero-order valence-electron chi connectivity index (χ0n) is 8.87. The van der Waals surface area contributed by atoms with Crippen molar-refractivity contribution in [2.24, 2.45) is 0 Å². The van der Waals surface area contributed by atoms with Crippen LogP contribution in [0, 0.1) is 0 Å². The van der Waals surface area contributed by atoms with Crippen LogP contribution in [0.4, 0.5) is 0 Å². The average Bonchev–Trinajstić information content (AvgIpc) is 2.58. The summed E-state index contributed by atoms with van der Waals surface area (Å²) in [7, 11) is 0. The number of nitrogens with one attached hydrogen (secondary N) is 1. The highest BCUT2D eigenvalue weighted by Crippen LogP contribution is 2.25. The van der Waals surface area contributed by atoms with Crippen molar-refractivity contribution in [2.45, 2.75) is 25.3 Å². The molecule has 0 fully saturated rings. The van der Waals surface area contributed by atoms with Gasteiger partial charge in [-0.15, -0.1) is 0 Å². The minimum absolute atomic E-state index is 0.174. The number of fused-ring (bicyclic) bond motifs is 1. The van der Waals surface area contributed by atoms with Crippen LogP contribution in [-0.2, 0) is 17.6 Å². The molecule has 0 amide bonds. The molecule has 16 heavy (non-hydrogen) atoms. The molecular weight excluding hydrogens is 226 g/mol. The quantitative estimate of drug-likeness (QED) is 0.844. The fourth-order valence-electron chi connectivity index (χ4n) is 2.11. The molecule has 86 valence electrons. The number of halogens is 1. The van der Waals surface area contributed by atoms with E-state index in [2.05, 4.69) is 11.4 Å². The minimum atomic E-state index is -0.758. The third-order valence-corrected chi connectivity index (χ3v) is 3.11. The van der Waals surface area contributed by atoms with Crippen LogP contribution < -0.4 is 5.32 Å². The zero-order chi connectivity index (χ0) is 11.5. The molecule has 3 nitrogen and oxygen atoms in total. The van der Waals surface area contributed by atoms with Crippen molar-refractivity contribution in [1.29, 1.82) is 0 Å². The smallest absolute Gasteiger partial charge is 0.304 e. The third-order valence-electron chi connectivity index (χ3n) is 2.87. The molecule has 4 heteroatoms. The molecule has 1 aromatic carbocycles. The Morgan fingerprint density at radius 2 is 2.19 bits per heavy atom. The van der Waals surface area contributed by atoms with Gasteiger partial charge in [0, 0.05) is 17.6 Å². The molecule has 2 N–H and O–H groups in total. The lowest BCUT2D eigenvalue weighted by atomic mass is 10.1. The first-order valence-electron chi connectivity index (χ1n) is 5.37. The number of carbonyl (C=O) groups is 1. The Kier molecular flexibility index (Phi) is 3.46. The van der Waals surface area contributed by atoms with Gasteiger partial charge in [-0.2, -0.15) is 0 Å². The first-order valence-corrected chi connectivity index (χ1v) is 5.75. The van der Waals surface area contributed by atoms with E-state index in [4.69, 9.17) is 16.7 Å². The molecule has 1 unspecified atom stereocenters. The molecule has 0 saturated carbocycles. The van der Waals surface area contributed by atoms with Gasteiger partial charge in [0.05, 0.1) is 6.42 Å². The predicted octanol–water partition coefficient (Wildman–Crippen LogP) is 1.87. The maximum Gasteiger partial charge on any atom is 0.304 e. The van der Waals surface area contributed by atoms with Crippen molar-refractivity contribution < 1.29 is 9.90 Å². The lowest BCUT2D eigenvalue weighted by molar-refractivity contribution is -0.136. The minimum Gasteiger partial charge on any atom is -0.481 e. The normalized spacial score (nSPS) is 18.4. The number of aliphatic carboxylic acids is 1. The summed E-state index contributed by atoms with van der Waals surface area (Å²) in [6.07, 6.45) is 2.08. The van der Waals surface area contributed by atoms with E-state index < -0.39 is 5.97 Å². The van der Waals surface area contributed by atoms with Gasteiger partial charge >= 0.3 is 5.97 Å². The molecule has 0 aliphatic heterocycles. The van der Waals surface area contributed by atoms with E-state index in [0.717, 1.165) is 17.9 Å². The van der Waals surface area contributed by atoms with Gasteiger partial charge in [-0.3, -0.25) is 4.79 Å². The zero-order valence-corrected chi connectivity index (χ0v) is 9.63. The van der Waals surface area contributed by atoms with E-state index in [1.807, 2.05) is 12.1 Å². The van der Waals surface area contributed by atoms with Gasteiger partial charge in [0.25, 0.3) is 0 Å². The summed E-state index contributed by atoms with van der Waals surface area (Å²) in [5.41, 5.74) is 2.59. The summed E-state index contributed by atoms with van der Waals surface area (Å²) < 4.78 is 0. The van der Waals surface area contributed by atoms with Crippen molar-refractivity contribution in [3.63, 3.8) is 0 Å². The Bertz CT molecular complexity index is 406. The summed E-state index contributed by atoms with van der Waals surface area (Å²) in [6.45, 7) is 0.529. The van der Waals surface area contributed by atoms with E-state index in [-0.39, 0.29) is 6.42 Å². The van der Waals surface area contributed by atoms with Crippen LogP contribution in [0.1, 0.15) is 17.5 Å². The van der Waals surface area contributed by atoms with Crippen LogP contribution in [0.15, 0.2) is 18.2 Å². The molecule has 0 heterocycles. The number of hydrogen-bond acceptors (Lipinski definition) is 2. The van der Waals surface area contributed by atoms with E-state index in [1.54, 1.807) is 0 Å². The molecule has 2 rings (SSSR count). The second-order valence-electron chi connectivity index (χ2n) is 4.12. The SMILES string of the molecule is O=C(O)CCNC1Cc2ccc(Cl)cc2C1. The Balaban J connectivity index is 1.88. The van der Waals surface area contributed by atoms with Gasteiger partial charge in [0.1, 0.15) is 0 Å². The highest BCUT2D eigenvalue weighted by molar-refractivity contribution is 6.30. The monoisotopic (exact) mass is 239 g/mol. The highest BCUT2D eigenvalue weighted by atomic mass is 35.5. The molecule has 1 aliphatic carbocycles. The maximum atomic E-state index is 10.4. The fraction of sp³-hybridized carbons (Fsp3) is 0.417. The van der Waals surface area contributed by atoms with Crippen LogP contribution in [0.25, 0.3) is 0 Å². The average molecular weight is 240 g/mol. The predicted molar refractivity (Wildman–Crippen MR) is 62.9 cm³/mol. The lowest BCUT2D eigenvalue weighted by Crippen LogP contribution is -2.31. The number of hydrogen-bond donors (Lipinski definition) is 2. The molecular formula is C12H14ClNO2. The van der Waals surface area contributed by atoms with E-state index >= 15 is 0 Å². The Morgan fingerprint density at radius 1 is 1.44 bits per heavy atom. The first kappa shape index (κ1) is 11.4. The van der Waals surface area contributed by atoms with Crippen LogP contribution in [-0.4, -0.2) is 23.7 Å². The van der Waals surface area contributed by atoms with Crippen molar-refractivity contribution in [1.82, 2.24) is 5.32 Å². The van der Waals surface area contributed by atoms with Gasteiger partial charge in [-0.25, -0.2) is 0 Å². The molecule has 0 aromatic heterocycles. The number of benzene rings is 1. The number of carboxylic acid groups (broad SMARTS) is 1. The Labute approximate surface area is 99.4 Å². The number of carboxylic acids is 1. The van der Waals surface area contributed by atoms with Gasteiger partial charge in [0.15, 0.2) is 0 Å². The molecule has 1 aliphatic rings. The van der Waals surface area contributed by atoms with Crippen LogP contribution in [0.5, 0.6) is 0 Å². The maximum absolute atomic E-state index is 10.4. The largest absolute Gasteiger partial charge is 0.481 e. The molecule has 0 radical (unpaired) electrons.